The topological polar surface area (TPSA) is 44.4 Å². The number of benzene rings is 1. The number of nitrogens with zero attached hydrogens (tertiary/aromatic N) is 1. The van der Waals surface area contributed by atoms with Gasteiger partial charge in [-0.2, -0.15) is 0 Å². The summed E-state index contributed by atoms with van der Waals surface area (Å²) in [4.78, 5) is 14.5. The van der Waals surface area contributed by atoms with Crippen molar-refractivity contribution in [1.29, 1.82) is 0 Å². The molecule has 0 aromatic heterocycles. The van der Waals surface area contributed by atoms with Crippen LogP contribution >= 0.6 is 24.8 Å². The summed E-state index contributed by atoms with van der Waals surface area (Å²) in [6, 6.07) is 10.9. The number of carbonyl (C=O) groups is 1. The Kier molecular flexibility index (Phi) is 8.92. The van der Waals surface area contributed by atoms with Crippen LogP contribution in [0, 0.1) is 5.92 Å². The van der Waals surface area contributed by atoms with Gasteiger partial charge in [-0.1, -0.05) is 30.3 Å². The Balaban J connectivity index is 0.00000132. The first-order valence-electron chi connectivity index (χ1n) is 8.06. The molecule has 2 aliphatic rings. The number of carbonyl (C=O) groups excluding carboxylic acids is 1. The Hall–Kier alpha value is -0.810. The van der Waals surface area contributed by atoms with Gasteiger partial charge in [0.15, 0.2) is 0 Å². The minimum Gasteiger partial charge on any atom is -0.352 e. The molecule has 2 aliphatic heterocycles. The summed E-state index contributed by atoms with van der Waals surface area (Å²) >= 11 is 0. The van der Waals surface area contributed by atoms with Gasteiger partial charge in [-0.15, -0.1) is 24.8 Å². The summed E-state index contributed by atoms with van der Waals surface area (Å²) < 4.78 is 0. The van der Waals surface area contributed by atoms with E-state index in [4.69, 9.17) is 0 Å². The monoisotopic (exact) mass is 359 g/mol. The van der Waals surface area contributed by atoms with Crippen LogP contribution in [-0.2, 0) is 11.3 Å². The molecular weight excluding hydrogens is 333 g/mol. The summed E-state index contributed by atoms with van der Waals surface area (Å²) in [6.45, 7) is 5.10. The Morgan fingerprint density at radius 2 is 2.00 bits per heavy atom. The quantitative estimate of drug-likeness (QED) is 0.846. The van der Waals surface area contributed by atoms with E-state index in [1.54, 1.807) is 0 Å². The van der Waals surface area contributed by atoms with E-state index in [0.717, 1.165) is 45.6 Å². The van der Waals surface area contributed by atoms with Crippen LogP contribution in [0.1, 0.15) is 24.8 Å². The Labute approximate surface area is 151 Å². The van der Waals surface area contributed by atoms with Gasteiger partial charge in [0, 0.05) is 32.1 Å². The van der Waals surface area contributed by atoms with Crippen LogP contribution < -0.4 is 10.6 Å². The number of nitrogens with one attached hydrogen (secondary N) is 2. The Bertz CT molecular complexity index is 466. The van der Waals surface area contributed by atoms with Crippen molar-refractivity contribution in [3.63, 3.8) is 0 Å². The number of hydrogen-bond donors (Lipinski definition) is 2. The third-order valence-corrected chi connectivity index (χ3v) is 4.52. The average Bonchev–Trinajstić information content (AvgIpc) is 3.12. The van der Waals surface area contributed by atoms with Crippen molar-refractivity contribution in [2.75, 3.05) is 26.2 Å². The van der Waals surface area contributed by atoms with E-state index in [9.17, 15) is 4.79 Å². The SMILES string of the molecule is Cl.Cl.O=C(CC1CCNC1)NC1CCN(Cc2ccccc2)C1. The maximum Gasteiger partial charge on any atom is 0.220 e. The van der Waals surface area contributed by atoms with Crippen LogP contribution in [-0.4, -0.2) is 43.0 Å². The van der Waals surface area contributed by atoms with Crippen LogP contribution in [0.5, 0.6) is 0 Å². The molecule has 0 radical (unpaired) electrons. The first-order valence-corrected chi connectivity index (χ1v) is 8.06. The van der Waals surface area contributed by atoms with Crippen LogP contribution in [0.25, 0.3) is 0 Å². The van der Waals surface area contributed by atoms with Crippen molar-refractivity contribution in [2.45, 2.75) is 31.8 Å². The van der Waals surface area contributed by atoms with Crippen molar-refractivity contribution < 1.29 is 4.79 Å². The zero-order valence-electron chi connectivity index (χ0n) is 13.4. The lowest BCUT2D eigenvalue weighted by Crippen LogP contribution is -2.37. The highest BCUT2D eigenvalue weighted by molar-refractivity contribution is 5.85. The highest BCUT2D eigenvalue weighted by Gasteiger charge is 2.25. The van der Waals surface area contributed by atoms with Gasteiger partial charge in [0.1, 0.15) is 0 Å². The van der Waals surface area contributed by atoms with E-state index in [2.05, 4.69) is 39.8 Å². The zero-order valence-corrected chi connectivity index (χ0v) is 15.0. The maximum absolute atomic E-state index is 12.1. The van der Waals surface area contributed by atoms with Crippen LogP contribution in [0.2, 0.25) is 0 Å². The average molecular weight is 360 g/mol. The molecule has 6 heteroatoms. The Morgan fingerprint density at radius 1 is 1.22 bits per heavy atom. The van der Waals surface area contributed by atoms with Crippen molar-refractivity contribution >= 4 is 30.7 Å². The van der Waals surface area contributed by atoms with Gasteiger partial charge in [0.2, 0.25) is 5.91 Å². The lowest BCUT2D eigenvalue weighted by Gasteiger charge is -2.17. The third kappa shape index (κ3) is 6.30. The molecule has 2 heterocycles. The van der Waals surface area contributed by atoms with Crippen LogP contribution in [0.15, 0.2) is 30.3 Å². The fraction of sp³-hybridized carbons (Fsp3) is 0.588. The molecule has 1 aromatic carbocycles. The molecule has 0 bridgehead atoms. The smallest absolute Gasteiger partial charge is 0.220 e. The van der Waals surface area contributed by atoms with Gasteiger partial charge in [-0.25, -0.2) is 0 Å². The predicted octanol–water partition coefficient (Wildman–Crippen LogP) is 2.22. The molecule has 1 aromatic rings. The molecule has 0 spiro atoms. The lowest BCUT2D eigenvalue weighted by atomic mass is 10.0. The molecule has 2 fully saturated rings. The summed E-state index contributed by atoms with van der Waals surface area (Å²) in [5.41, 5.74) is 1.35. The predicted molar refractivity (Wildman–Crippen MR) is 98.4 cm³/mol. The van der Waals surface area contributed by atoms with Crippen molar-refractivity contribution in [3.8, 4) is 0 Å². The maximum atomic E-state index is 12.1. The van der Waals surface area contributed by atoms with Crippen LogP contribution in [0.3, 0.4) is 0 Å². The number of likely N-dealkylation sites (tertiary alicyclic amines) is 1. The molecule has 0 saturated carbocycles. The van der Waals surface area contributed by atoms with E-state index >= 15 is 0 Å². The largest absolute Gasteiger partial charge is 0.352 e. The summed E-state index contributed by atoms with van der Waals surface area (Å²) in [7, 11) is 0. The van der Waals surface area contributed by atoms with Gasteiger partial charge < -0.3 is 10.6 Å². The van der Waals surface area contributed by atoms with E-state index in [1.165, 1.54) is 5.56 Å². The number of halogens is 2. The second-order valence-corrected chi connectivity index (χ2v) is 6.34. The second-order valence-electron chi connectivity index (χ2n) is 6.34. The zero-order chi connectivity index (χ0) is 14.5. The highest BCUT2D eigenvalue weighted by Crippen LogP contribution is 2.15. The van der Waals surface area contributed by atoms with E-state index in [0.29, 0.717) is 18.4 Å². The molecule has 23 heavy (non-hydrogen) atoms. The Morgan fingerprint density at radius 3 is 2.70 bits per heavy atom. The summed E-state index contributed by atoms with van der Waals surface area (Å²) in [6.07, 6.45) is 2.89. The first-order chi connectivity index (χ1) is 10.3. The number of rotatable bonds is 5. The van der Waals surface area contributed by atoms with Crippen LogP contribution in [0.4, 0.5) is 0 Å². The summed E-state index contributed by atoms with van der Waals surface area (Å²) in [5, 5.41) is 6.53. The van der Waals surface area contributed by atoms with Crippen molar-refractivity contribution in [2.24, 2.45) is 5.92 Å². The molecule has 1 amide bonds. The van der Waals surface area contributed by atoms with E-state index in [-0.39, 0.29) is 30.7 Å². The minimum absolute atomic E-state index is 0. The van der Waals surface area contributed by atoms with Crippen molar-refractivity contribution in [3.05, 3.63) is 35.9 Å². The van der Waals surface area contributed by atoms with Gasteiger partial charge in [-0.05, 0) is 37.4 Å². The molecule has 0 aliphatic carbocycles. The molecule has 4 nitrogen and oxygen atoms in total. The van der Waals surface area contributed by atoms with Gasteiger partial charge in [-0.3, -0.25) is 9.69 Å². The molecular formula is C17H27Cl2N3O. The van der Waals surface area contributed by atoms with E-state index < -0.39 is 0 Å². The summed E-state index contributed by atoms with van der Waals surface area (Å²) in [5.74, 6) is 0.766. The molecule has 2 N–H and O–H groups in total. The normalized spacial score (nSPS) is 23.8. The van der Waals surface area contributed by atoms with Gasteiger partial charge in [0.25, 0.3) is 0 Å². The second kappa shape index (κ2) is 10.1. The molecule has 130 valence electrons. The third-order valence-electron chi connectivity index (χ3n) is 4.52. The molecule has 2 atom stereocenters. The fourth-order valence-electron chi connectivity index (χ4n) is 3.37. The van der Waals surface area contributed by atoms with Gasteiger partial charge >= 0.3 is 0 Å². The standard InChI is InChI=1S/C17H25N3O.2ClH/c21-17(10-15-6-8-18-11-15)19-16-7-9-20(13-16)12-14-4-2-1-3-5-14;;/h1-5,15-16,18H,6-13H2,(H,19,21);2*1H. The van der Waals surface area contributed by atoms with Crippen molar-refractivity contribution in [1.82, 2.24) is 15.5 Å². The first kappa shape index (κ1) is 20.2. The van der Waals surface area contributed by atoms with E-state index in [1.807, 2.05) is 6.07 Å². The molecule has 2 unspecified atom stereocenters. The lowest BCUT2D eigenvalue weighted by molar-refractivity contribution is -0.122. The van der Waals surface area contributed by atoms with Gasteiger partial charge in [0.05, 0.1) is 0 Å². The molecule has 2 saturated heterocycles. The number of hydrogen-bond acceptors (Lipinski definition) is 3. The minimum atomic E-state index is 0. The molecule has 3 rings (SSSR count). The number of amides is 1. The highest BCUT2D eigenvalue weighted by atomic mass is 35.5. The fourth-order valence-corrected chi connectivity index (χ4v) is 3.37.